The maximum atomic E-state index is 12.5. The number of hydrogen-bond acceptors (Lipinski definition) is 7. The van der Waals surface area contributed by atoms with Gasteiger partial charge >= 0.3 is 5.69 Å². The topological polar surface area (TPSA) is 109 Å². The van der Waals surface area contributed by atoms with E-state index in [4.69, 9.17) is 5.73 Å². The van der Waals surface area contributed by atoms with Crippen LogP contribution in [0.25, 0.3) is 10.2 Å². The molecular formula is C14H14N4O3S. The number of hydrogen-bond donors (Lipinski definition) is 1. The average molecular weight is 318 g/mol. The maximum Gasteiger partial charge on any atom is 0.305 e. The van der Waals surface area contributed by atoms with Crippen LogP contribution in [0.4, 0.5) is 5.69 Å². The molecule has 0 fully saturated rings. The van der Waals surface area contributed by atoms with Gasteiger partial charge in [-0.3, -0.25) is 4.79 Å². The Bertz CT molecular complexity index is 849. The summed E-state index contributed by atoms with van der Waals surface area (Å²) < 4.78 is 5.60. The van der Waals surface area contributed by atoms with Gasteiger partial charge in [-0.05, 0) is 18.6 Å². The predicted molar refractivity (Wildman–Crippen MR) is 78.6 cm³/mol. The Labute approximate surface area is 130 Å². The summed E-state index contributed by atoms with van der Waals surface area (Å²) in [6, 6.07) is 3.77. The van der Waals surface area contributed by atoms with Crippen LogP contribution in [-0.2, 0) is 13.5 Å². The summed E-state index contributed by atoms with van der Waals surface area (Å²) >= 11 is 1.18. The summed E-state index contributed by atoms with van der Waals surface area (Å²) in [5.74, 6) is -1.27. The first-order chi connectivity index (χ1) is 10.5. The van der Waals surface area contributed by atoms with Crippen LogP contribution in [0.3, 0.4) is 0 Å². The van der Waals surface area contributed by atoms with E-state index >= 15 is 0 Å². The molecule has 22 heavy (non-hydrogen) atoms. The standard InChI is InChI=1S/C14H14N4O3S/c1-3-4-7-5-6-8-9(15)12(22-13(8)16-7)11(19)10-14(20)21-17-18(10)2/h5-6H,3-4H2,1-2H3,(H2-,15,17,19,20). The lowest BCUT2D eigenvalue weighted by molar-refractivity contribution is -0.741. The van der Waals surface area contributed by atoms with E-state index in [-0.39, 0.29) is 10.6 Å². The van der Waals surface area contributed by atoms with Crippen LogP contribution in [0.15, 0.2) is 16.7 Å². The Morgan fingerprint density at radius 1 is 1.50 bits per heavy atom. The molecule has 0 aromatic carbocycles. The van der Waals surface area contributed by atoms with E-state index in [2.05, 4.69) is 21.7 Å². The number of nitrogens with two attached hydrogens (primary N) is 1. The number of anilines is 1. The third-order valence-electron chi connectivity index (χ3n) is 3.34. The minimum atomic E-state index is -0.774. The van der Waals surface area contributed by atoms with Gasteiger partial charge in [-0.1, -0.05) is 18.0 Å². The van der Waals surface area contributed by atoms with Crippen molar-refractivity contribution < 1.29 is 19.1 Å². The van der Waals surface area contributed by atoms with Crippen LogP contribution in [0.1, 0.15) is 34.4 Å². The van der Waals surface area contributed by atoms with Gasteiger partial charge < -0.3 is 15.4 Å². The Morgan fingerprint density at radius 2 is 2.27 bits per heavy atom. The molecule has 0 aliphatic rings. The minimum Gasteiger partial charge on any atom is -0.539 e. The normalized spacial score (nSPS) is 11.2. The summed E-state index contributed by atoms with van der Waals surface area (Å²) in [4.78, 5) is 18.0. The van der Waals surface area contributed by atoms with Gasteiger partial charge in [0.25, 0.3) is 5.78 Å². The molecule has 0 bridgehead atoms. The smallest absolute Gasteiger partial charge is 0.305 e. The van der Waals surface area contributed by atoms with E-state index in [1.165, 1.54) is 18.4 Å². The second kappa shape index (κ2) is 5.38. The van der Waals surface area contributed by atoms with Crippen LogP contribution < -0.4 is 15.5 Å². The monoisotopic (exact) mass is 318 g/mol. The second-order valence-corrected chi connectivity index (χ2v) is 5.91. The number of nitrogens with zero attached hydrogens (tertiary/aromatic N) is 3. The predicted octanol–water partition coefficient (Wildman–Crippen LogP) is 0.948. The van der Waals surface area contributed by atoms with Crippen LogP contribution in [0.2, 0.25) is 0 Å². The Hall–Kier alpha value is -2.48. The zero-order valence-corrected chi connectivity index (χ0v) is 12.9. The molecule has 0 saturated heterocycles. The third kappa shape index (κ3) is 2.21. The number of rotatable bonds is 4. The highest BCUT2D eigenvalue weighted by Gasteiger charge is 2.28. The molecule has 3 aromatic rings. The summed E-state index contributed by atoms with van der Waals surface area (Å²) in [5, 5.41) is 15.8. The number of aryl methyl sites for hydroxylation is 2. The largest absolute Gasteiger partial charge is 0.539 e. The lowest BCUT2D eigenvalue weighted by Crippen LogP contribution is -2.37. The number of thiophene rings is 1. The molecule has 0 saturated carbocycles. The first-order valence-electron chi connectivity index (χ1n) is 6.78. The average Bonchev–Trinajstić information content (AvgIpc) is 2.99. The van der Waals surface area contributed by atoms with Crippen LogP contribution >= 0.6 is 11.3 Å². The van der Waals surface area contributed by atoms with E-state index in [1.54, 1.807) is 0 Å². The third-order valence-corrected chi connectivity index (χ3v) is 4.46. The van der Waals surface area contributed by atoms with Gasteiger partial charge in [-0.2, -0.15) is 0 Å². The lowest BCUT2D eigenvalue weighted by Gasteiger charge is -1.97. The highest BCUT2D eigenvalue weighted by atomic mass is 32.1. The zero-order chi connectivity index (χ0) is 15.9. The van der Waals surface area contributed by atoms with Crippen LogP contribution in [0.5, 0.6) is 5.95 Å². The van der Waals surface area contributed by atoms with E-state index < -0.39 is 11.7 Å². The molecule has 0 atom stereocenters. The van der Waals surface area contributed by atoms with Crippen molar-refractivity contribution in [3.05, 3.63) is 28.4 Å². The molecule has 3 heterocycles. The fourth-order valence-electron chi connectivity index (χ4n) is 2.26. The number of ketones is 1. The minimum absolute atomic E-state index is 0.146. The van der Waals surface area contributed by atoms with Crippen molar-refractivity contribution in [3.8, 4) is 5.95 Å². The number of carbonyl (C=O) groups excluding carboxylic acids is 1. The molecule has 0 aliphatic heterocycles. The van der Waals surface area contributed by atoms with Crippen LogP contribution in [0, 0.1) is 0 Å². The van der Waals surface area contributed by atoms with Crippen molar-refractivity contribution in [1.82, 2.24) is 10.3 Å². The van der Waals surface area contributed by atoms with E-state index in [0.29, 0.717) is 10.5 Å². The molecule has 8 heteroatoms. The molecule has 0 unspecified atom stereocenters. The molecule has 0 aliphatic carbocycles. The van der Waals surface area contributed by atoms with Crippen molar-refractivity contribution in [1.29, 1.82) is 0 Å². The number of aromatic nitrogens is 3. The van der Waals surface area contributed by atoms with Crippen molar-refractivity contribution in [2.75, 3.05) is 5.73 Å². The second-order valence-electron chi connectivity index (χ2n) is 4.91. The van der Waals surface area contributed by atoms with Gasteiger partial charge in [0.15, 0.2) is 13.0 Å². The molecule has 3 rings (SSSR count). The number of fused-ring (bicyclic) bond motifs is 1. The van der Waals surface area contributed by atoms with Gasteiger partial charge in [0.1, 0.15) is 9.71 Å². The fourth-order valence-corrected chi connectivity index (χ4v) is 3.31. The Kier molecular flexibility index (Phi) is 3.53. The van der Waals surface area contributed by atoms with Gasteiger partial charge in [0.2, 0.25) is 0 Å². The molecule has 114 valence electrons. The Balaban J connectivity index is 2.11. The van der Waals surface area contributed by atoms with Crippen LogP contribution in [-0.4, -0.2) is 16.0 Å². The first-order valence-corrected chi connectivity index (χ1v) is 7.60. The Morgan fingerprint density at radius 3 is 2.91 bits per heavy atom. The molecule has 0 spiro atoms. The summed E-state index contributed by atoms with van der Waals surface area (Å²) in [7, 11) is 1.47. The number of nitrogen functional groups attached to an aromatic ring is 1. The maximum absolute atomic E-state index is 12.5. The van der Waals surface area contributed by atoms with E-state index in [9.17, 15) is 9.90 Å². The highest BCUT2D eigenvalue weighted by molar-refractivity contribution is 7.21. The zero-order valence-electron chi connectivity index (χ0n) is 12.1. The fraction of sp³-hybridized carbons (Fsp3) is 0.286. The van der Waals surface area contributed by atoms with E-state index in [0.717, 1.165) is 28.6 Å². The van der Waals surface area contributed by atoms with Gasteiger partial charge in [0, 0.05) is 11.1 Å². The first kappa shape index (κ1) is 14.5. The van der Waals surface area contributed by atoms with Gasteiger partial charge in [-0.15, -0.1) is 11.3 Å². The van der Waals surface area contributed by atoms with Crippen molar-refractivity contribution in [2.24, 2.45) is 7.05 Å². The molecule has 2 N–H and O–H groups in total. The molecular weight excluding hydrogens is 304 g/mol. The molecule has 0 amide bonds. The SMILES string of the molecule is CCCc1ccc2c(N)c(C(=O)c3c([O-])on[n+]3C)sc2n1. The van der Waals surface area contributed by atoms with Gasteiger partial charge in [-0.25, -0.2) is 4.98 Å². The summed E-state index contributed by atoms with van der Waals surface area (Å²) in [6.07, 6.45) is 1.85. The number of pyridine rings is 1. The highest BCUT2D eigenvalue weighted by Crippen LogP contribution is 2.34. The quantitative estimate of drug-likeness (QED) is 0.566. The summed E-state index contributed by atoms with van der Waals surface area (Å²) in [6.45, 7) is 2.07. The van der Waals surface area contributed by atoms with Crippen molar-refractivity contribution >= 4 is 33.0 Å². The summed E-state index contributed by atoms with van der Waals surface area (Å²) in [5.41, 5.74) is 7.20. The van der Waals surface area contributed by atoms with Crippen molar-refractivity contribution in [3.63, 3.8) is 0 Å². The molecule has 0 radical (unpaired) electrons. The van der Waals surface area contributed by atoms with Gasteiger partial charge in [0.05, 0.1) is 11.0 Å². The van der Waals surface area contributed by atoms with Crippen molar-refractivity contribution in [2.45, 2.75) is 19.8 Å². The molecule has 7 nitrogen and oxygen atoms in total. The van der Waals surface area contributed by atoms with E-state index in [1.807, 2.05) is 12.1 Å². The molecule has 3 aromatic heterocycles. The lowest BCUT2D eigenvalue weighted by atomic mass is 10.1. The number of carbonyl (C=O) groups is 1.